The standard InChI is InChI=1S/C17H23N7.C8H9NO2.CH3N/c1-12(2)19-16-17-22-21-13(3)24(17)11-15(20-16)10-23(4)9-14-7-5-6-8-18-14;1-6(10)9-7-2-4-8(11)5-3-7;1-2/h5-8,11-12H,9-10H2,1-4H3,(H,19,20);2-5,11H,1H3,(H,9,10);2H,1H2. The number of aromatic nitrogens is 5. The van der Waals surface area contributed by atoms with E-state index in [2.05, 4.69) is 58.3 Å². The second kappa shape index (κ2) is 14.2. The number of nitrogens with zero attached hydrogens (tertiary/aromatic N) is 6. The minimum Gasteiger partial charge on any atom is -0.508 e. The molecule has 4 aromatic rings. The van der Waals surface area contributed by atoms with Crippen molar-refractivity contribution in [3.8, 4) is 5.75 Å². The van der Waals surface area contributed by atoms with Gasteiger partial charge in [0.25, 0.3) is 0 Å². The smallest absolute Gasteiger partial charge is 0.221 e. The maximum Gasteiger partial charge on any atom is 0.221 e. The van der Waals surface area contributed by atoms with Crippen LogP contribution >= 0.6 is 0 Å². The van der Waals surface area contributed by atoms with Crippen molar-refractivity contribution in [1.29, 1.82) is 5.41 Å². The van der Waals surface area contributed by atoms with Gasteiger partial charge in [0.05, 0.1) is 11.4 Å². The van der Waals surface area contributed by atoms with Crippen LogP contribution in [0.1, 0.15) is 38.0 Å². The predicted molar refractivity (Wildman–Crippen MR) is 146 cm³/mol. The van der Waals surface area contributed by atoms with Crippen molar-refractivity contribution in [2.45, 2.75) is 46.8 Å². The SMILES string of the molecule is C=N.CC(=O)Nc1ccc(O)cc1.Cc1nnc2c(NC(C)C)nc(CN(C)Cc3ccccn3)cn12. The number of carbonyl (C=O) groups is 1. The van der Waals surface area contributed by atoms with E-state index < -0.39 is 0 Å². The van der Waals surface area contributed by atoms with E-state index in [9.17, 15) is 4.79 Å². The third-order valence-corrected chi connectivity index (χ3v) is 4.81. The van der Waals surface area contributed by atoms with E-state index in [0.717, 1.165) is 41.8 Å². The molecule has 0 saturated carbocycles. The summed E-state index contributed by atoms with van der Waals surface area (Å²) in [4.78, 5) is 21.8. The van der Waals surface area contributed by atoms with Gasteiger partial charge in [0.15, 0.2) is 5.82 Å². The van der Waals surface area contributed by atoms with Crippen molar-refractivity contribution >= 4 is 29.8 Å². The second-order valence-corrected chi connectivity index (χ2v) is 8.54. The summed E-state index contributed by atoms with van der Waals surface area (Å²) in [6, 6.07) is 12.6. The zero-order chi connectivity index (χ0) is 27.4. The van der Waals surface area contributed by atoms with E-state index in [1.54, 1.807) is 12.1 Å². The molecule has 37 heavy (non-hydrogen) atoms. The molecule has 11 nitrogen and oxygen atoms in total. The van der Waals surface area contributed by atoms with Gasteiger partial charge in [-0.05, 0) is 70.9 Å². The normalized spacial score (nSPS) is 10.4. The van der Waals surface area contributed by atoms with Gasteiger partial charge < -0.3 is 21.1 Å². The molecule has 3 heterocycles. The molecule has 1 amide bonds. The number of benzene rings is 1. The Labute approximate surface area is 217 Å². The predicted octanol–water partition coefficient (Wildman–Crippen LogP) is 3.90. The maximum absolute atomic E-state index is 10.5. The number of phenols is 1. The minimum atomic E-state index is -0.115. The molecular weight excluding hydrogens is 470 g/mol. The number of hydrogen-bond donors (Lipinski definition) is 4. The number of carbonyl (C=O) groups excluding carboxylic acids is 1. The lowest BCUT2D eigenvalue weighted by molar-refractivity contribution is -0.114. The van der Waals surface area contributed by atoms with Crippen molar-refractivity contribution < 1.29 is 9.90 Å². The molecule has 0 radical (unpaired) electrons. The number of nitrogens with one attached hydrogen (secondary N) is 3. The molecule has 11 heteroatoms. The summed E-state index contributed by atoms with van der Waals surface area (Å²) in [7, 11) is 2.06. The van der Waals surface area contributed by atoms with Crippen LogP contribution in [0.3, 0.4) is 0 Å². The van der Waals surface area contributed by atoms with Crippen LogP contribution in [-0.2, 0) is 17.9 Å². The molecule has 0 atom stereocenters. The number of rotatable bonds is 7. The number of aromatic hydroxyl groups is 1. The highest BCUT2D eigenvalue weighted by molar-refractivity contribution is 5.88. The minimum absolute atomic E-state index is 0.115. The number of pyridine rings is 1. The Hall–Kier alpha value is -4.38. The molecule has 4 rings (SSSR count). The fourth-order valence-electron chi connectivity index (χ4n) is 3.35. The molecule has 0 bridgehead atoms. The van der Waals surface area contributed by atoms with Gasteiger partial charge in [0.2, 0.25) is 11.6 Å². The Bertz CT molecular complexity index is 1260. The van der Waals surface area contributed by atoms with E-state index in [0.29, 0.717) is 5.69 Å². The Balaban J connectivity index is 0.000000311. The molecular formula is C26H35N9O2. The first kappa shape index (κ1) is 28.9. The molecule has 0 aliphatic heterocycles. The lowest BCUT2D eigenvalue weighted by Crippen LogP contribution is -2.20. The van der Waals surface area contributed by atoms with Gasteiger partial charge in [-0.25, -0.2) is 4.98 Å². The van der Waals surface area contributed by atoms with Gasteiger partial charge in [-0.15, -0.1) is 10.2 Å². The van der Waals surface area contributed by atoms with Crippen LogP contribution in [0.25, 0.3) is 5.65 Å². The summed E-state index contributed by atoms with van der Waals surface area (Å²) in [6.07, 6.45) is 3.82. The Morgan fingerprint density at radius 2 is 1.78 bits per heavy atom. The number of phenolic OH excluding ortho intramolecular Hbond substituents is 1. The van der Waals surface area contributed by atoms with Gasteiger partial charge in [-0.2, -0.15) is 0 Å². The van der Waals surface area contributed by atoms with Crippen LogP contribution in [-0.4, -0.2) is 60.3 Å². The molecule has 0 aliphatic carbocycles. The molecule has 0 fully saturated rings. The average molecular weight is 506 g/mol. The summed E-state index contributed by atoms with van der Waals surface area (Å²) in [5.41, 5.74) is 3.46. The number of amides is 1. The second-order valence-electron chi connectivity index (χ2n) is 8.54. The fraction of sp³-hybridized carbons (Fsp3) is 0.308. The number of hydrogen-bond acceptors (Lipinski definition) is 9. The summed E-state index contributed by atoms with van der Waals surface area (Å²) in [6.45, 7) is 11.5. The molecule has 4 N–H and O–H groups in total. The van der Waals surface area contributed by atoms with Gasteiger partial charge >= 0.3 is 0 Å². The number of fused-ring (bicyclic) bond motifs is 1. The fourth-order valence-corrected chi connectivity index (χ4v) is 3.35. The van der Waals surface area contributed by atoms with Gasteiger partial charge in [0.1, 0.15) is 11.6 Å². The van der Waals surface area contributed by atoms with Crippen molar-refractivity contribution in [1.82, 2.24) is 29.5 Å². The third-order valence-electron chi connectivity index (χ3n) is 4.81. The quantitative estimate of drug-likeness (QED) is 0.219. The van der Waals surface area contributed by atoms with Crippen LogP contribution < -0.4 is 10.6 Å². The molecule has 196 valence electrons. The largest absolute Gasteiger partial charge is 0.508 e. The zero-order valence-electron chi connectivity index (χ0n) is 21.9. The van der Waals surface area contributed by atoms with Crippen LogP contribution in [0.2, 0.25) is 0 Å². The van der Waals surface area contributed by atoms with Crippen LogP contribution in [0, 0.1) is 12.3 Å². The zero-order valence-corrected chi connectivity index (χ0v) is 21.9. The van der Waals surface area contributed by atoms with Gasteiger partial charge in [-0.3, -0.25) is 19.1 Å². The molecule has 0 aliphatic rings. The van der Waals surface area contributed by atoms with E-state index in [1.165, 1.54) is 19.1 Å². The molecule has 0 saturated heterocycles. The summed E-state index contributed by atoms with van der Waals surface area (Å²) < 4.78 is 1.99. The first-order valence-electron chi connectivity index (χ1n) is 11.7. The Morgan fingerprint density at radius 3 is 2.38 bits per heavy atom. The van der Waals surface area contributed by atoms with E-state index in [4.69, 9.17) is 15.5 Å². The molecule has 0 unspecified atom stereocenters. The summed E-state index contributed by atoms with van der Waals surface area (Å²) in [5, 5.41) is 28.7. The van der Waals surface area contributed by atoms with Crippen molar-refractivity contribution in [2.75, 3.05) is 17.7 Å². The monoisotopic (exact) mass is 505 g/mol. The number of anilines is 2. The summed E-state index contributed by atoms with van der Waals surface area (Å²) >= 11 is 0. The van der Waals surface area contributed by atoms with E-state index in [-0.39, 0.29) is 17.7 Å². The molecule has 3 aromatic heterocycles. The average Bonchev–Trinajstić information content (AvgIpc) is 3.23. The number of aryl methyl sites for hydroxylation is 1. The topological polar surface area (TPSA) is 144 Å². The highest BCUT2D eigenvalue weighted by Gasteiger charge is 2.13. The highest BCUT2D eigenvalue weighted by atomic mass is 16.3. The van der Waals surface area contributed by atoms with Crippen molar-refractivity contribution in [3.63, 3.8) is 0 Å². The highest BCUT2D eigenvalue weighted by Crippen LogP contribution is 2.17. The van der Waals surface area contributed by atoms with Crippen LogP contribution in [0.5, 0.6) is 5.75 Å². The molecule has 0 spiro atoms. The van der Waals surface area contributed by atoms with E-state index in [1.807, 2.05) is 41.9 Å². The van der Waals surface area contributed by atoms with E-state index >= 15 is 0 Å². The van der Waals surface area contributed by atoms with Crippen molar-refractivity contribution in [2.24, 2.45) is 0 Å². The lowest BCUT2D eigenvalue weighted by atomic mass is 10.3. The Morgan fingerprint density at radius 1 is 1.11 bits per heavy atom. The van der Waals surface area contributed by atoms with Gasteiger partial charge in [0, 0.05) is 44.1 Å². The Kier molecular flexibility index (Phi) is 11.1. The lowest BCUT2D eigenvalue weighted by Gasteiger charge is -2.17. The summed E-state index contributed by atoms with van der Waals surface area (Å²) in [5.74, 6) is 1.71. The third kappa shape index (κ3) is 9.30. The maximum atomic E-state index is 10.5. The molecule has 1 aromatic carbocycles. The van der Waals surface area contributed by atoms with Gasteiger partial charge in [-0.1, -0.05) is 6.07 Å². The first-order valence-corrected chi connectivity index (χ1v) is 11.7. The van der Waals surface area contributed by atoms with Crippen molar-refractivity contribution in [3.05, 3.63) is 72.1 Å². The van der Waals surface area contributed by atoms with Crippen LogP contribution in [0.4, 0.5) is 11.5 Å². The first-order chi connectivity index (χ1) is 17.7. The van der Waals surface area contributed by atoms with Crippen LogP contribution in [0.15, 0.2) is 54.9 Å².